The third-order valence-corrected chi connectivity index (χ3v) is 7.88. The van der Waals surface area contributed by atoms with Crippen LogP contribution in [0.25, 0.3) is 0 Å². The minimum atomic E-state index is -0.239. The van der Waals surface area contributed by atoms with E-state index in [9.17, 15) is 14.0 Å². The molecule has 1 N–H and O–H groups in total. The number of hydrogen-bond donors (Lipinski definition) is 1. The normalized spacial score (nSPS) is 20.7. The summed E-state index contributed by atoms with van der Waals surface area (Å²) >= 11 is 0. The number of carbonyl (C=O) groups is 2. The molecule has 0 spiro atoms. The zero-order chi connectivity index (χ0) is 28.5. The molecule has 1 aromatic heterocycles. The molecule has 0 saturated carbocycles. The van der Waals surface area contributed by atoms with E-state index in [1.165, 1.54) is 17.7 Å². The van der Waals surface area contributed by atoms with Crippen LogP contribution >= 0.6 is 0 Å². The molecule has 0 radical (unpaired) electrons. The lowest BCUT2D eigenvalue weighted by atomic mass is 9.91. The molecular formula is C30H41FN6O2. The van der Waals surface area contributed by atoms with Crippen LogP contribution in [0.1, 0.15) is 57.1 Å². The van der Waals surface area contributed by atoms with Crippen molar-refractivity contribution in [3.05, 3.63) is 63.7 Å². The maximum atomic E-state index is 13.4. The van der Waals surface area contributed by atoms with E-state index in [1.807, 2.05) is 38.8 Å². The Kier molecular flexibility index (Phi) is 8.51. The van der Waals surface area contributed by atoms with Gasteiger partial charge in [0.05, 0.1) is 23.6 Å². The summed E-state index contributed by atoms with van der Waals surface area (Å²) in [6.45, 7) is 16.6. The largest absolute Gasteiger partial charge is 0.338 e. The van der Waals surface area contributed by atoms with Gasteiger partial charge in [0.2, 0.25) is 11.8 Å². The highest BCUT2D eigenvalue weighted by atomic mass is 19.1. The molecule has 0 bridgehead atoms. The number of nitrogens with one attached hydrogen (secondary N) is 1. The topological polar surface area (TPSA) is 81.7 Å². The molecule has 1 fully saturated rings. The van der Waals surface area contributed by atoms with Crippen molar-refractivity contribution in [2.75, 3.05) is 51.2 Å². The monoisotopic (exact) mass is 536 g/mol. The maximum absolute atomic E-state index is 13.4. The Morgan fingerprint density at radius 2 is 1.92 bits per heavy atom. The number of halogens is 1. The van der Waals surface area contributed by atoms with Crippen LogP contribution in [0.3, 0.4) is 0 Å². The van der Waals surface area contributed by atoms with E-state index in [0.29, 0.717) is 25.6 Å². The van der Waals surface area contributed by atoms with Crippen molar-refractivity contribution < 1.29 is 14.0 Å². The lowest BCUT2D eigenvalue weighted by molar-refractivity contribution is -0.124. The van der Waals surface area contributed by atoms with Crippen LogP contribution in [-0.2, 0) is 21.4 Å². The van der Waals surface area contributed by atoms with E-state index in [4.69, 9.17) is 0 Å². The molecule has 1 unspecified atom stereocenters. The van der Waals surface area contributed by atoms with Crippen LogP contribution in [0, 0.1) is 12.7 Å². The summed E-state index contributed by atoms with van der Waals surface area (Å²) in [5.41, 5.74) is 6.28. The summed E-state index contributed by atoms with van der Waals surface area (Å²) in [5, 5.41) is 12.3. The van der Waals surface area contributed by atoms with Gasteiger partial charge in [0.25, 0.3) is 0 Å². The first-order valence-corrected chi connectivity index (χ1v) is 13.7. The highest BCUT2D eigenvalue weighted by Gasteiger charge is 2.40. The molecule has 2 amide bonds. The van der Waals surface area contributed by atoms with Crippen LogP contribution in [-0.4, -0.2) is 84.2 Å². The second-order valence-corrected chi connectivity index (χ2v) is 11.8. The van der Waals surface area contributed by atoms with Gasteiger partial charge in [-0.1, -0.05) is 19.9 Å². The number of piperazine rings is 1. The van der Waals surface area contributed by atoms with Gasteiger partial charge in [-0.3, -0.25) is 14.5 Å². The Balaban J connectivity index is 0.000000333. The van der Waals surface area contributed by atoms with Gasteiger partial charge in [-0.2, -0.15) is 10.2 Å². The minimum Gasteiger partial charge on any atom is -0.338 e. The van der Waals surface area contributed by atoms with E-state index >= 15 is 0 Å². The third kappa shape index (κ3) is 6.53. The van der Waals surface area contributed by atoms with Gasteiger partial charge in [0.1, 0.15) is 5.82 Å². The van der Waals surface area contributed by atoms with Crippen molar-refractivity contribution in [2.24, 2.45) is 0 Å². The molecule has 1 saturated heterocycles. The Labute approximate surface area is 231 Å². The predicted octanol–water partition coefficient (Wildman–Crippen LogP) is 3.23. The van der Waals surface area contributed by atoms with Crippen molar-refractivity contribution in [1.29, 1.82) is 0 Å². The van der Waals surface area contributed by atoms with Crippen molar-refractivity contribution in [2.45, 2.75) is 59.4 Å². The minimum absolute atomic E-state index is 0.104. The average Bonchev–Trinajstić information content (AvgIpc) is 3.27. The molecule has 3 aliphatic rings. The molecule has 2 aromatic rings. The number of aryl methyl sites for hydroxylation is 1. The van der Waals surface area contributed by atoms with Crippen LogP contribution in [0.2, 0.25) is 0 Å². The Morgan fingerprint density at radius 1 is 1.18 bits per heavy atom. The van der Waals surface area contributed by atoms with Gasteiger partial charge < -0.3 is 15.1 Å². The maximum Gasteiger partial charge on any atom is 0.249 e. The predicted molar refractivity (Wildman–Crippen MR) is 151 cm³/mol. The second kappa shape index (κ2) is 11.5. The quantitative estimate of drug-likeness (QED) is 0.646. The fraction of sp³-hybridized carbons (Fsp3) is 0.533. The SMILES string of the molecule is CC1=C(C)C(=O)N(C)C1.Cc1cc(F)ccc1Cc1cc2c(nn1)C(C)(C)CN2C(=O)CN1CCNC(C)C1. The molecule has 210 valence electrons. The smallest absolute Gasteiger partial charge is 0.249 e. The first-order valence-electron chi connectivity index (χ1n) is 13.7. The van der Waals surface area contributed by atoms with Crippen LogP contribution < -0.4 is 10.2 Å². The number of likely N-dealkylation sites (N-methyl/N-ethyl adjacent to an activating group) is 1. The molecule has 1 atom stereocenters. The van der Waals surface area contributed by atoms with Crippen molar-refractivity contribution >= 4 is 17.5 Å². The molecule has 3 aliphatic heterocycles. The van der Waals surface area contributed by atoms with Gasteiger partial charge in [-0.25, -0.2) is 4.39 Å². The number of anilines is 1. The van der Waals surface area contributed by atoms with Crippen LogP contribution in [0.15, 0.2) is 35.4 Å². The lowest BCUT2D eigenvalue weighted by Crippen LogP contribution is -2.52. The van der Waals surface area contributed by atoms with Crippen molar-refractivity contribution in [3.8, 4) is 0 Å². The summed E-state index contributed by atoms with van der Waals surface area (Å²) in [5.74, 6) is 0.0392. The molecule has 4 heterocycles. The van der Waals surface area contributed by atoms with Gasteiger partial charge in [-0.05, 0) is 62.6 Å². The zero-order valence-electron chi connectivity index (χ0n) is 24.3. The first-order chi connectivity index (χ1) is 18.4. The molecule has 39 heavy (non-hydrogen) atoms. The summed E-state index contributed by atoms with van der Waals surface area (Å²) in [6, 6.07) is 7.17. The third-order valence-electron chi connectivity index (χ3n) is 7.88. The van der Waals surface area contributed by atoms with Gasteiger partial charge in [-0.15, -0.1) is 0 Å². The Bertz CT molecular complexity index is 1290. The number of nitrogens with zero attached hydrogens (tertiary/aromatic N) is 5. The standard InChI is InChI=1S/C23H30FN5O.C7H11NO/c1-15-9-18(24)6-5-17(15)10-19-11-20-22(27-26-19)23(3,4)14-29(20)21(30)13-28-8-7-25-16(2)12-28;1-5-4-8(3)7(9)6(5)2/h5-6,9,11,16,25H,7-8,10,12-14H2,1-4H3;4H2,1-3H3. The number of fused-ring (bicyclic) bond motifs is 1. The number of hydrogen-bond acceptors (Lipinski definition) is 6. The molecular weight excluding hydrogens is 495 g/mol. The molecule has 5 rings (SSSR count). The van der Waals surface area contributed by atoms with E-state index in [-0.39, 0.29) is 23.0 Å². The van der Waals surface area contributed by atoms with Gasteiger partial charge >= 0.3 is 0 Å². The summed E-state index contributed by atoms with van der Waals surface area (Å²) in [4.78, 5) is 30.0. The molecule has 8 nitrogen and oxygen atoms in total. The number of benzene rings is 1. The van der Waals surface area contributed by atoms with Crippen LogP contribution in [0.4, 0.5) is 10.1 Å². The lowest BCUT2D eigenvalue weighted by Gasteiger charge is -2.32. The van der Waals surface area contributed by atoms with Gasteiger partial charge in [0.15, 0.2) is 0 Å². The molecule has 9 heteroatoms. The highest BCUT2D eigenvalue weighted by Crippen LogP contribution is 2.39. The summed E-state index contributed by atoms with van der Waals surface area (Å²) in [6.07, 6.45) is 0.560. The van der Waals surface area contributed by atoms with Crippen molar-refractivity contribution in [3.63, 3.8) is 0 Å². The average molecular weight is 537 g/mol. The van der Waals surface area contributed by atoms with E-state index in [2.05, 4.69) is 41.2 Å². The molecule has 0 aliphatic carbocycles. The number of aromatic nitrogens is 2. The van der Waals surface area contributed by atoms with Crippen LogP contribution in [0.5, 0.6) is 0 Å². The number of rotatable bonds is 4. The number of amides is 2. The highest BCUT2D eigenvalue weighted by molar-refractivity contribution is 5.97. The summed E-state index contributed by atoms with van der Waals surface area (Å²) in [7, 11) is 1.82. The zero-order valence-corrected chi connectivity index (χ0v) is 24.3. The Hall–Kier alpha value is -3.17. The fourth-order valence-electron chi connectivity index (χ4n) is 5.47. The van der Waals surface area contributed by atoms with E-state index < -0.39 is 0 Å². The van der Waals surface area contributed by atoms with E-state index in [1.54, 1.807) is 11.0 Å². The second-order valence-electron chi connectivity index (χ2n) is 11.8. The van der Waals surface area contributed by atoms with Crippen molar-refractivity contribution in [1.82, 2.24) is 25.3 Å². The molecule has 1 aromatic carbocycles. The fourth-order valence-corrected chi connectivity index (χ4v) is 5.47. The summed E-state index contributed by atoms with van der Waals surface area (Å²) < 4.78 is 13.4. The first kappa shape index (κ1) is 28.8. The van der Waals surface area contributed by atoms with E-state index in [0.717, 1.165) is 60.0 Å². The Morgan fingerprint density at radius 3 is 2.51 bits per heavy atom. The van der Waals surface area contributed by atoms with Gasteiger partial charge in [0, 0.05) is 63.2 Å². The number of carbonyl (C=O) groups excluding carboxylic acids is 2.